The van der Waals surface area contributed by atoms with E-state index in [1.54, 1.807) is 12.1 Å². The standard InChI is InChI=1S/C14H22N2O2/c1-16(9-11-4-6-15-7-5-11)10-12-2-3-13(17)8-14(12)18/h2-3,8,11,15,17-18H,4-7,9-10H2,1H3. The minimum Gasteiger partial charge on any atom is -0.508 e. The van der Waals surface area contributed by atoms with Crippen molar-refractivity contribution in [3.8, 4) is 11.5 Å². The summed E-state index contributed by atoms with van der Waals surface area (Å²) in [6, 6.07) is 4.80. The van der Waals surface area contributed by atoms with Crippen molar-refractivity contribution in [2.45, 2.75) is 19.4 Å². The molecule has 1 fully saturated rings. The summed E-state index contributed by atoms with van der Waals surface area (Å²) in [5.74, 6) is 1.03. The lowest BCUT2D eigenvalue weighted by Crippen LogP contribution is -2.34. The summed E-state index contributed by atoms with van der Waals surface area (Å²) in [6.07, 6.45) is 2.46. The summed E-state index contributed by atoms with van der Waals surface area (Å²) < 4.78 is 0. The van der Waals surface area contributed by atoms with E-state index in [2.05, 4.69) is 17.3 Å². The second kappa shape index (κ2) is 6.07. The van der Waals surface area contributed by atoms with E-state index in [9.17, 15) is 10.2 Å². The third-order valence-electron chi connectivity index (χ3n) is 3.54. The first-order valence-corrected chi connectivity index (χ1v) is 6.55. The van der Waals surface area contributed by atoms with Crippen molar-refractivity contribution in [3.63, 3.8) is 0 Å². The molecule has 0 amide bonds. The third-order valence-corrected chi connectivity index (χ3v) is 3.54. The van der Waals surface area contributed by atoms with Crippen molar-refractivity contribution in [2.24, 2.45) is 5.92 Å². The first-order chi connectivity index (χ1) is 8.65. The lowest BCUT2D eigenvalue weighted by molar-refractivity contribution is 0.232. The highest BCUT2D eigenvalue weighted by Gasteiger charge is 2.15. The van der Waals surface area contributed by atoms with E-state index >= 15 is 0 Å². The van der Waals surface area contributed by atoms with Crippen LogP contribution in [-0.4, -0.2) is 41.8 Å². The van der Waals surface area contributed by atoms with Crippen LogP contribution < -0.4 is 5.32 Å². The molecule has 0 bridgehead atoms. The molecule has 18 heavy (non-hydrogen) atoms. The number of hydrogen-bond donors (Lipinski definition) is 3. The predicted molar refractivity (Wildman–Crippen MR) is 71.7 cm³/mol. The van der Waals surface area contributed by atoms with Crippen LogP contribution in [0.1, 0.15) is 18.4 Å². The Balaban J connectivity index is 1.87. The lowest BCUT2D eigenvalue weighted by Gasteiger charge is -2.27. The number of aromatic hydroxyl groups is 2. The average molecular weight is 250 g/mol. The molecule has 4 heteroatoms. The molecule has 1 aromatic carbocycles. The van der Waals surface area contributed by atoms with Gasteiger partial charge >= 0.3 is 0 Å². The predicted octanol–water partition coefficient (Wildman–Crippen LogP) is 1.53. The van der Waals surface area contributed by atoms with Gasteiger partial charge in [0.1, 0.15) is 11.5 Å². The molecule has 0 unspecified atom stereocenters. The van der Waals surface area contributed by atoms with E-state index in [0.29, 0.717) is 0 Å². The Hall–Kier alpha value is -1.26. The van der Waals surface area contributed by atoms with Crippen LogP contribution in [0.2, 0.25) is 0 Å². The second-order valence-electron chi connectivity index (χ2n) is 5.20. The number of piperidine rings is 1. The average Bonchev–Trinajstić information content (AvgIpc) is 2.34. The molecule has 2 rings (SSSR count). The fourth-order valence-electron chi connectivity index (χ4n) is 2.55. The number of phenolic OH excluding ortho intramolecular Hbond substituents is 2. The highest BCUT2D eigenvalue weighted by Crippen LogP contribution is 2.24. The van der Waals surface area contributed by atoms with Crippen LogP contribution in [0.5, 0.6) is 11.5 Å². The van der Waals surface area contributed by atoms with Crippen LogP contribution >= 0.6 is 0 Å². The highest BCUT2D eigenvalue weighted by atomic mass is 16.3. The quantitative estimate of drug-likeness (QED) is 0.758. The summed E-state index contributed by atoms with van der Waals surface area (Å²) in [6.45, 7) is 4.00. The van der Waals surface area contributed by atoms with Gasteiger partial charge in [-0.15, -0.1) is 0 Å². The minimum atomic E-state index is 0.109. The Bertz CT molecular complexity index is 389. The molecule has 3 N–H and O–H groups in total. The van der Waals surface area contributed by atoms with Gasteiger partial charge in [0.15, 0.2) is 0 Å². The Morgan fingerprint density at radius 3 is 2.67 bits per heavy atom. The Labute approximate surface area is 108 Å². The van der Waals surface area contributed by atoms with E-state index in [0.717, 1.165) is 37.7 Å². The molecule has 0 radical (unpaired) electrons. The van der Waals surface area contributed by atoms with E-state index < -0.39 is 0 Å². The zero-order valence-electron chi connectivity index (χ0n) is 10.9. The number of benzene rings is 1. The number of hydrogen-bond acceptors (Lipinski definition) is 4. The van der Waals surface area contributed by atoms with Crippen LogP contribution in [-0.2, 0) is 6.54 Å². The summed E-state index contributed by atoms with van der Waals surface area (Å²) in [5, 5.41) is 22.4. The Morgan fingerprint density at radius 2 is 2.00 bits per heavy atom. The number of rotatable bonds is 4. The van der Waals surface area contributed by atoms with Gasteiger partial charge < -0.3 is 20.4 Å². The number of phenols is 2. The van der Waals surface area contributed by atoms with Crippen molar-refractivity contribution >= 4 is 0 Å². The van der Waals surface area contributed by atoms with Crippen molar-refractivity contribution < 1.29 is 10.2 Å². The summed E-state index contributed by atoms with van der Waals surface area (Å²) >= 11 is 0. The van der Waals surface area contributed by atoms with E-state index in [4.69, 9.17) is 0 Å². The van der Waals surface area contributed by atoms with Crippen LogP contribution in [0.25, 0.3) is 0 Å². The molecule has 1 aliphatic heterocycles. The van der Waals surface area contributed by atoms with Gasteiger partial charge in [-0.2, -0.15) is 0 Å². The van der Waals surface area contributed by atoms with Gasteiger partial charge in [-0.05, 0) is 45.0 Å². The van der Waals surface area contributed by atoms with Crippen molar-refractivity contribution in [2.75, 3.05) is 26.7 Å². The monoisotopic (exact) mass is 250 g/mol. The van der Waals surface area contributed by atoms with Gasteiger partial charge in [0.25, 0.3) is 0 Å². The van der Waals surface area contributed by atoms with Gasteiger partial charge in [-0.1, -0.05) is 6.07 Å². The SMILES string of the molecule is CN(Cc1ccc(O)cc1O)CC1CCNCC1. The van der Waals surface area contributed by atoms with E-state index in [-0.39, 0.29) is 11.5 Å². The smallest absolute Gasteiger partial charge is 0.123 e. The second-order valence-corrected chi connectivity index (χ2v) is 5.20. The van der Waals surface area contributed by atoms with E-state index in [1.807, 2.05) is 0 Å². The molecule has 0 spiro atoms. The van der Waals surface area contributed by atoms with Crippen LogP contribution in [0.4, 0.5) is 0 Å². The number of nitrogens with one attached hydrogen (secondary N) is 1. The fourth-order valence-corrected chi connectivity index (χ4v) is 2.55. The minimum absolute atomic E-state index is 0.109. The first kappa shape index (κ1) is 13.2. The van der Waals surface area contributed by atoms with Crippen molar-refractivity contribution in [1.29, 1.82) is 0 Å². The van der Waals surface area contributed by atoms with Gasteiger partial charge in [0.05, 0.1) is 0 Å². The van der Waals surface area contributed by atoms with Gasteiger partial charge in [-0.3, -0.25) is 0 Å². The maximum Gasteiger partial charge on any atom is 0.123 e. The topological polar surface area (TPSA) is 55.7 Å². The molecule has 100 valence electrons. The van der Waals surface area contributed by atoms with Gasteiger partial charge in [-0.25, -0.2) is 0 Å². The summed E-state index contributed by atoms with van der Waals surface area (Å²) in [7, 11) is 2.08. The van der Waals surface area contributed by atoms with Crippen LogP contribution in [0.15, 0.2) is 18.2 Å². The molecule has 0 atom stereocenters. The zero-order chi connectivity index (χ0) is 13.0. The number of nitrogens with zero attached hydrogens (tertiary/aromatic N) is 1. The summed E-state index contributed by atoms with van der Waals surface area (Å²) in [4.78, 5) is 2.24. The molecule has 1 heterocycles. The zero-order valence-corrected chi connectivity index (χ0v) is 10.9. The van der Waals surface area contributed by atoms with Crippen LogP contribution in [0.3, 0.4) is 0 Å². The Morgan fingerprint density at radius 1 is 1.28 bits per heavy atom. The maximum atomic E-state index is 9.75. The van der Waals surface area contributed by atoms with Crippen LogP contribution in [0, 0.1) is 5.92 Å². The molecule has 0 saturated carbocycles. The van der Waals surface area contributed by atoms with E-state index in [1.165, 1.54) is 18.9 Å². The van der Waals surface area contributed by atoms with Crippen molar-refractivity contribution in [1.82, 2.24) is 10.2 Å². The first-order valence-electron chi connectivity index (χ1n) is 6.55. The highest BCUT2D eigenvalue weighted by molar-refractivity contribution is 5.38. The lowest BCUT2D eigenvalue weighted by atomic mass is 9.97. The molecule has 0 aromatic heterocycles. The largest absolute Gasteiger partial charge is 0.508 e. The molecular formula is C14H22N2O2. The molecule has 1 saturated heterocycles. The molecular weight excluding hydrogens is 228 g/mol. The van der Waals surface area contributed by atoms with Gasteiger partial charge in [0.2, 0.25) is 0 Å². The summed E-state index contributed by atoms with van der Waals surface area (Å²) in [5.41, 5.74) is 0.865. The fraction of sp³-hybridized carbons (Fsp3) is 0.571. The molecule has 1 aromatic rings. The third kappa shape index (κ3) is 3.62. The Kier molecular flexibility index (Phi) is 4.44. The molecule has 4 nitrogen and oxygen atoms in total. The molecule has 1 aliphatic rings. The normalized spacial score (nSPS) is 17.2. The van der Waals surface area contributed by atoms with Gasteiger partial charge in [0, 0.05) is 24.7 Å². The molecule has 0 aliphatic carbocycles. The maximum absolute atomic E-state index is 9.75. The van der Waals surface area contributed by atoms with Crippen molar-refractivity contribution in [3.05, 3.63) is 23.8 Å².